The highest BCUT2D eigenvalue weighted by Gasteiger charge is 2.56. The zero-order chi connectivity index (χ0) is 61.7. The van der Waals surface area contributed by atoms with E-state index in [1.807, 2.05) is 121 Å². The number of carbonyl (C=O) groups is 1. The second-order valence-corrected chi connectivity index (χ2v) is 25.1. The lowest BCUT2D eigenvalue weighted by Crippen LogP contribution is -2.65. The van der Waals surface area contributed by atoms with E-state index in [2.05, 4.69) is 69.2 Å². The number of benzene rings is 4. The molecule has 17 nitrogen and oxygen atoms in total. The van der Waals surface area contributed by atoms with E-state index in [1.165, 1.54) is 6.92 Å². The Morgan fingerprint density at radius 1 is 0.391 bits per heavy atom. The van der Waals surface area contributed by atoms with Crippen LogP contribution in [0.1, 0.15) is 111 Å². The predicted molar refractivity (Wildman–Crippen MR) is 324 cm³/mol. The summed E-state index contributed by atoms with van der Waals surface area (Å²) in [5.74, 6) is -1.32. The third-order valence-corrected chi connectivity index (χ3v) is 19.3. The van der Waals surface area contributed by atoms with E-state index in [-0.39, 0.29) is 72.8 Å². The number of rotatable bonds is 26. The van der Waals surface area contributed by atoms with Crippen LogP contribution in [-0.2, 0) is 97.5 Å². The van der Waals surface area contributed by atoms with Gasteiger partial charge in [0.2, 0.25) is 0 Å². The molecule has 17 heteroatoms. The van der Waals surface area contributed by atoms with E-state index in [9.17, 15) is 15.0 Å². The monoisotopic (exact) mass is 1210 g/mol. The predicted octanol–water partition coefficient (Wildman–Crippen LogP) is 10.6. The third kappa shape index (κ3) is 16.8. The van der Waals surface area contributed by atoms with Crippen LogP contribution < -0.4 is 0 Å². The fourth-order valence-corrected chi connectivity index (χ4v) is 13.0. The van der Waals surface area contributed by atoms with Crippen molar-refractivity contribution in [3.63, 3.8) is 0 Å². The summed E-state index contributed by atoms with van der Waals surface area (Å²) in [6.45, 7) is 23.7. The average Bonchev–Trinajstić information content (AvgIpc) is 1.05. The molecular formula is C70H98O17. The van der Waals surface area contributed by atoms with Gasteiger partial charge in [-0.25, -0.2) is 0 Å². The number of aliphatic hydroxyl groups is 2. The SMILES string of the molecule is CCC1O[C@@H](OC2[C@H](O[C@@H]3C(OCc4ccccc4)[C@H](O[C@@H]4C(COCc5ccccc5)O[C@@H](OCc5ccccc5)C(C)[C@H]4C)OC(CO)[C@H]3O)OC(CC)[C@H](C)[C@H]2C)C(C)[C@@H](C)[C@@H]1O[C@@H]1OC(COCc2ccccc2)[C@H](C)[C@H](C)C1OC(C)=O. The van der Waals surface area contributed by atoms with Gasteiger partial charge in [-0.15, -0.1) is 0 Å². The summed E-state index contributed by atoms with van der Waals surface area (Å²) >= 11 is 0. The first kappa shape index (κ1) is 67.2. The van der Waals surface area contributed by atoms with Crippen LogP contribution in [0.2, 0.25) is 0 Å². The first-order valence-electron chi connectivity index (χ1n) is 32.0. The molecule has 87 heavy (non-hydrogen) atoms. The van der Waals surface area contributed by atoms with Crippen molar-refractivity contribution in [1.29, 1.82) is 0 Å². The van der Waals surface area contributed by atoms with Gasteiger partial charge >= 0.3 is 5.97 Å². The molecule has 5 fully saturated rings. The molecule has 0 aliphatic carbocycles. The molecule has 9 rings (SSSR count). The quantitative estimate of drug-likeness (QED) is 0.0565. The van der Waals surface area contributed by atoms with Crippen molar-refractivity contribution >= 4 is 5.97 Å². The lowest BCUT2D eigenvalue weighted by Gasteiger charge is -2.52. The number of hydrogen-bond acceptors (Lipinski definition) is 17. The molecule has 5 aliphatic heterocycles. The summed E-state index contributed by atoms with van der Waals surface area (Å²) in [4.78, 5) is 12.7. The first-order chi connectivity index (χ1) is 42.1. The summed E-state index contributed by atoms with van der Waals surface area (Å²) in [5, 5.41) is 23.5. The van der Waals surface area contributed by atoms with Crippen molar-refractivity contribution in [3.8, 4) is 0 Å². The van der Waals surface area contributed by atoms with Gasteiger partial charge < -0.3 is 76.5 Å². The van der Waals surface area contributed by atoms with E-state index < -0.39 is 105 Å². The van der Waals surface area contributed by atoms with Gasteiger partial charge in [0.1, 0.15) is 36.6 Å². The number of carbonyl (C=O) groups excluding carboxylic acids is 1. The van der Waals surface area contributed by atoms with Gasteiger partial charge in [0.25, 0.3) is 0 Å². The summed E-state index contributed by atoms with van der Waals surface area (Å²) < 4.78 is 95.0. The van der Waals surface area contributed by atoms with Crippen LogP contribution in [0.3, 0.4) is 0 Å². The van der Waals surface area contributed by atoms with E-state index in [0.717, 1.165) is 22.3 Å². The van der Waals surface area contributed by atoms with Gasteiger partial charge in [0.15, 0.2) is 37.6 Å². The minimum absolute atomic E-state index is 0.00450. The third-order valence-electron chi connectivity index (χ3n) is 19.3. The van der Waals surface area contributed by atoms with Crippen LogP contribution >= 0.6 is 0 Å². The van der Waals surface area contributed by atoms with Crippen molar-refractivity contribution in [1.82, 2.24) is 0 Å². The zero-order valence-electron chi connectivity index (χ0n) is 52.9. The maximum Gasteiger partial charge on any atom is 0.303 e. The Morgan fingerprint density at radius 3 is 1.30 bits per heavy atom. The standard InChI is InChI=1S/C70H98O17/c1-12-54-41(3)43(5)63(86-67-48(10)46(8)60(55(13-2)80-67)84-68-62(78-49(11)72)44(6)42(4)57(82-68)39-74-35-50-26-18-14-19-27-50)69(79-54)87-64-59(73)56(34-71)81-70(65(64)76-37-52-30-22-16-23-31-52)85-61-45(7)47(9)66(77-38-53-32-24-17-25-33-53)83-58(61)40-75-36-51-28-20-15-21-29-51/h14-33,41-48,54-71,73H,12-13,34-40H2,1-11H3/t41-,42-,43-,44+,45-,46-,47?,48?,54?,55?,56?,57?,58?,59-,60+,61+,62?,63?,64+,65?,66-,67+,68+,69+,70+/m1/s1. The molecule has 5 aliphatic rings. The largest absolute Gasteiger partial charge is 0.457 e. The number of hydrogen-bond donors (Lipinski definition) is 2. The Kier molecular flexibility index (Phi) is 24.8. The van der Waals surface area contributed by atoms with Crippen LogP contribution in [0.25, 0.3) is 0 Å². The zero-order valence-corrected chi connectivity index (χ0v) is 52.9. The van der Waals surface area contributed by atoms with E-state index >= 15 is 0 Å². The summed E-state index contributed by atoms with van der Waals surface area (Å²) in [6.07, 6.45) is -12.1. The molecule has 0 spiro atoms. The van der Waals surface area contributed by atoms with Crippen molar-refractivity contribution in [2.75, 3.05) is 19.8 Å². The lowest BCUT2D eigenvalue weighted by atomic mass is 9.81. The van der Waals surface area contributed by atoms with Gasteiger partial charge in [-0.3, -0.25) is 4.79 Å². The smallest absolute Gasteiger partial charge is 0.303 e. The molecule has 4 aromatic rings. The fraction of sp³-hybridized carbons (Fsp3) is 0.643. The second kappa shape index (κ2) is 32.2. The van der Waals surface area contributed by atoms with Crippen molar-refractivity contribution in [2.24, 2.45) is 47.3 Å². The van der Waals surface area contributed by atoms with Crippen molar-refractivity contribution in [3.05, 3.63) is 144 Å². The van der Waals surface area contributed by atoms with E-state index in [1.54, 1.807) is 0 Å². The molecule has 480 valence electrons. The van der Waals surface area contributed by atoms with Gasteiger partial charge in [-0.1, -0.05) is 191 Å². The molecule has 0 amide bonds. The van der Waals surface area contributed by atoms with Crippen molar-refractivity contribution in [2.45, 2.75) is 220 Å². The highest BCUT2D eigenvalue weighted by Crippen LogP contribution is 2.44. The number of ether oxygens (including phenoxy) is 14. The molecule has 4 aromatic carbocycles. The summed E-state index contributed by atoms with van der Waals surface area (Å²) in [6, 6.07) is 39.7. The van der Waals surface area contributed by atoms with Gasteiger partial charge in [0.05, 0.1) is 76.8 Å². The maximum atomic E-state index is 12.7. The Labute approximate surface area is 516 Å². The Hall–Kier alpha value is -4.25. The van der Waals surface area contributed by atoms with E-state index in [0.29, 0.717) is 39.3 Å². The molecule has 5 heterocycles. The van der Waals surface area contributed by atoms with Crippen LogP contribution in [0.5, 0.6) is 0 Å². The maximum absolute atomic E-state index is 12.7. The highest BCUT2D eigenvalue weighted by atomic mass is 16.8. The molecule has 25 atom stereocenters. The molecule has 0 radical (unpaired) electrons. The molecule has 0 saturated carbocycles. The molecule has 0 bridgehead atoms. The van der Waals surface area contributed by atoms with Crippen LogP contribution in [0.4, 0.5) is 0 Å². The summed E-state index contributed by atoms with van der Waals surface area (Å²) in [7, 11) is 0. The van der Waals surface area contributed by atoms with Crippen molar-refractivity contribution < 1.29 is 81.3 Å². The van der Waals surface area contributed by atoms with E-state index in [4.69, 9.17) is 66.3 Å². The van der Waals surface area contributed by atoms with Gasteiger partial charge in [-0.2, -0.15) is 0 Å². The lowest BCUT2D eigenvalue weighted by molar-refractivity contribution is -0.390. The van der Waals surface area contributed by atoms with Crippen LogP contribution in [0.15, 0.2) is 121 Å². The van der Waals surface area contributed by atoms with Crippen LogP contribution in [-0.4, -0.2) is 141 Å². The fourth-order valence-electron chi connectivity index (χ4n) is 13.0. The highest BCUT2D eigenvalue weighted by molar-refractivity contribution is 5.66. The first-order valence-corrected chi connectivity index (χ1v) is 32.0. The topological polar surface area (TPSA) is 187 Å². The molecule has 5 saturated heterocycles. The van der Waals surface area contributed by atoms with Gasteiger partial charge in [-0.05, 0) is 64.7 Å². The minimum atomic E-state index is -1.40. The average molecular weight is 1210 g/mol. The molecule has 2 N–H and O–H groups in total. The Balaban J connectivity index is 0.961. The van der Waals surface area contributed by atoms with Crippen LogP contribution in [0, 0.1) is 47.3 Å². The molecular weight excluding hydrogens is 1110 g/mol. The Morgan fingerprint density at radius 2 is 0.770 bits per heavy atom. The number of aliphatic hydroxyl groups excluding tert-OH is 2. The minimum Gasteiger partial charge on any atom is -0.457 e. The Bertz CT molecular complexity index is 2620. The van der Waals surface area contributed by atoms with Gasteiger partial charge in [0, 0.05) is 24.7 Å². The summed E-state index contributed by atoms with van der Waals surface area (Å²) in [5.41, 5.74) is 3.98. The molecule has 0 aromatic heterocycles. The second-order valence-electron chi connectivity index (χ2n) is 25.1. The molecule has 10 unspecified atom stereocenters. The number of esters is 1. The normalized spacial score (nSPS) is 38.2.